The van der Waals surface area contributed by atoms with Crippen molar-refractivity contribution in [1.29, 1.82) is 0 Å². The number of halogens is 1. The van der Waals surface area contributed by atoms with Gasteiger partial charge in [0.2, 0.25) is 0 Å². The van der Waals surface area contributed by atoms with Gasteiger partial charge in [-0.2, -0.15) is 0 Å². The quantitative estimate of drug-likeness (QED) is 0.922. The van der Waals surface area contributed by atoms with E-state index in [1.54, 1.807) is 0 Å². The minimum Gasteiger partial charge on any atom is -0.396 e. The van der Waals surface area contributed by atoms with Gasteiger partial charge < -0.3 is 9.84 Å². The van der Waals surface area contributed by atoms with Crippen molar-refractivity contribution in [3.8, 4) is 0 Å². The molecule has 0 unspecified atom stereocenters. The van der Waals surface area contributed by atoms with E-state index in [4.69, 9.17) is 9.84 Å². The highest BCUT2D eigenvalue weighted by molar-refractivity contribution is 9.10. The topological polar surface area (TPSA) is 29.5 Å². The standard InChI is InChI=1S/C14H19BrO2/c15-13-5-1-12(2-6-13)10-17-14-7-3-11(9-16)4-8-14/h1-2,5-6,11,14,16H,3-4,7-10H2. The van der Waals surface area contributed by atoms with Crippen LogP contribution in [0.3, 0.4) is 0 Å². The van der Waals surface area contributed by atoms with Crippen molar-refractivity contribution >= 4 is 15.9 Å². The molecular weight excluding hydrogens is 280 g/mol. The van der Waals surface area contributed by atoms with Crippen molar-refractivity contribution in [2.24, 2.45) is 5.92 Å². The number of benzene rings is 1. The molecule has 2 nitrogen and oxygen atoms in total. The molecule has 1 aliphatic carbocycles. The summed E-state index contributed by atoms with van der Waals surface area (Å²) in [7, 11) is 0. The van der Waals surface area contributed by atoms with Crippen molar-refractivity contribution in [2.45, 2.75) is 38.4 Å². The largest absolute Gasteiger partial charge is 0.396 e. The summed E-state index contributed by atoms with van der Waals surface area (Å²) >= 11 is 3.42. The Morgan fingerprint density at radius 3 is 2.35 bits per heavy atom. The molecule has 0 radical (unpaired) electrons. The summed E-state index contributed by atoms with van der Waals surface area (Å²) in [4.78, 5) is 0. The van der Waals surface area contributed by atoms with Crippen molar-refractivity contribution in [1.82, 2.24) is 0 Å². The molecule has 0 heterocycles. The van der Waals surface area contributed by atoms with E-state index in [1.807, 2.05) is 12.1 Å². The van der Waals surface area contributed by atoms with Crippen LogP contribution >= 0.6 is 15.9 Å². The lowest BCUT2D eigenvalue weighted by molar-refractivity contribution is 0.00120. The number of aliphatic hydroxyl groups excluding tert-OH is 1. The highest BCUT2D eigenvalue weighted by Crippen LogP contribution is 2.26. The molecule has 0 spiro atoms. The minimum atomic E-state index is 0.333. The first-order valence-electron chi connectivity index (χ1n) is 6.25. The molecule has 1 aromatic rings. The molecule has 1 N–H and O–H groups in total. The summed E-state index contributed by atoms with van der Waals surface area (Å²) in [6.45, 7) is 1.03. The zero-order valence-electron chi connectivity index (χ0n) is 9.94. The average molecular weight is 299 g/mol. The SMILES string of the molecule is OCC1CCC(OCc2ccc(Br)cc2)CC1. The zero-order chi connectivity index (χ0) is 12.1. The van der Waals surface area contributed by atoms with E-state index >= 15 is 0 Å². The van der Waals surface area contributed by atoms with E-state index in [2.05, 4.69) is 28.1 Å². The Morgan fingerprint density at radius 1 is 1.12 bits per heavy atom. The van der Waals surface area contributed by atoms with Crippen LogP contribution < -0.4 is 0 Å². The molecule has 0 atom stereocenters. The molecule has 94 valence electrons. The third-order valence-corrected chi connectivity index (χ3v) is 3.98. The van der Waals surface area contributed by atoms with Gasteiger partial charge in [0.05, 0.1) is 12.7 Å². The summed E-state index contributed by atoms with van der Waals surface area (Å²) in [6, 6.07) is 8.26. The Balaban J connectivity index is 1.74. The van der Waals surface area contributed by atoms with Crippen molar-refractivity contribution in [2.75, 3.05) is 6.61 Å². The fourth-order valence-corrected chi connectivity index (χ4v) is 2.54. The molecule has 1 saturated carbocycles. The second kappa shape index (κ2) is 6.53. The van der Waals surface area contributed by atoms with E-state index in [-0.39, 0.29) is 0 Å². The molecule has 0 aromatic heterocycles. The number of aliphatic hydroxyl groups is 1. The van der Waals surface area contributed by atoms with Crippen molar-refractivity contribution in [3.63, 3.8) is 0 Å². The van der Waals surface area contributed by atoms with E-state index < -0.39 is 0 Å². The van der Waals surface area contributed by atoms with E-state index in [1.165, 1.54) is 5.56 Å². The summed E-state index contributed by atoms with van der Waals surface area (Å²) in [5, 5.41) is 9.07. The van der Waals surface area contributed by atoms with Gasteiger partial charge in [-0.05, 0) is 49.3 Å². The van der Waals surface area contributed by atoms with Crippen LogP contribution in [0.5, 0.6) is 0 Å². The molecule has 0 saturated heterocycles. The molecule has 2 rings (SSSR count). The molecular formula is C14H19BrO2. The predicted molar refractivity (Wildman–Crippen MR) is 71.8 cm³/mol. The van der Waals surface area contributed by atoms with Gasteiger partial charge in [0.25, 0.3) is 0 Å². The average Bonchev–Trinajstić information content (AvgIpc) is 2.39. The van der Waals surface area contributed by atoms with Gasteiger partial charge >= 0.3 is 0 Å². The second-order valence-electron chi connectivity index (χ2n) is 4.76. The Labute approximate surface area is 111 Å². The van der Waals surface area contributed by atoms with Gasteiger partial charge in [0, 0.05) is 11.1 Å². The lowest BCUT2D eigenvalue weighted by Gasteiger charge is -2.27. The van der Waals surface area contributed by atoms with Gasteiger partial charge in [0.15, 0.2) is 0 Å². The van der Waals surface area contributed by atoms with Crippen molar-refractivity contribution in [3.05, 3.63) is 34.3 Å². The summed E-state index contributed by atoms with van der Waals surface area (Å²) < 4.78 is 7.01. The molecule has 1 aliphatic rings. The highest BCUT2D eigenvalue weighted by Gasteiger charge is 2.20. The van der Waals surface area contributed by atoms with Crippen molar-refractivity contribution < 1.29 is 9.84 Å². The third kappa shape index (κ3) is 4.09. The normalized spacial score (nSPS) is 24.8. The molecule has 0 amide bonds. The first-order valence-corrected chi connectivity index (χ1v) is 7.04. The zero-order valence-corrected chi connectivity index (χ0v) is 11.5. The van der Waals surface area contributed by atoms with Crippen LogP contribution in [0.1, 0.15) is 31.2 Å². The Hall–Kier alpha value is -0.380. The summed E-state index contributed by atoms with van der Waals surface area (Å²) in [5.41, 5.74) is 1.22. The fourth-order valence-electron chi connectivity index (χ4n) is 2.28. The monoisotopic (exact) mass is 298 g/mol. The molecule has 3 heteroatoms. The maximum absolute atomic E-state index is 9.07. The lowest BCUT2D eigenvalue weighted by Crippen LogP contribution is -2.23. The van der Waals surface area contributed by atoms with Crippen LogP contribution in [0.4, 0.5) is 0 Å². The first kappa shape index (κ1) is 13.1. The molecule has 1 fully saturated rings. The fraction of sp³-hybridized carbons (Fsp3) is 0.571. The van der Waals surface area contributed by atoms with Crippen LogP contribution in [-0.2, 0) is 11.3 Å². The van der Waals surface area contributed by atoms with E-state index in [9.17, 15) is 0 Å². The summed E-state index contributed by atoms with van der Waals surface area (Å²) in [6.07, 6.45) is 4.74. The van der Waals surface area contributed by atoms with Gasteiger partial charge in [-0.3, -0.25) is 0 Å². The Bertz CT molecular complexity index is 329. The minimum absolute atomic E-state index is 0.333. The van der Waals surface area contributed by atoms with Crippen LogP contribution in [0.2, 0.25) is 0 Å². The maximum atomic E-state index is 9.07. The molecule has 0 aliphatic heterocycles. The lowest BCUT2D eigenvalue weighted by atomic mass is 9.88. The first-order chi connectivity index (χ1) is 8.28. The van der Waals surface area contributed by atoms with E-state index in [0.717, 1.165) is 30.2 Å². The van der Waals surface area contributed by atoms with E-state index in [0.29, 0.717) is 25.2 Å². The van der Waals surface area contributed by atoms with Gasteiger partial charge in [0.1, 0.15) is 0 Å². The van der Waals surface area contributed by atoms with Crippen LogP contribution in [0.15, 0.2) is 28.7 Å². The Kier molecular flexibility index (Phi) is 5.01. The predicted octanol–water partition coefficient (Wildman–Crippen LogP) is 3.52. The molecule has 1 aromatic carbocycles. The highest BCUT2D eigenvalue weighted by atomic mass is 79.9. The summed E-state index contributed by atoms with van der Waals surface area (Å²) in [5.74, 6) is 0.502. The maximum Gasteiger partial charge on any atom is 0.0720 e. The number of rotatable bonds is 4. The van der Waals surface area contributed by atoms with Crippen LogP contribution in [-0.4, -0.2) is 17.8 Å². The molecule has 0 bridgehead atoms. The van der Waals surface area contributed by atoms with Crippen LogP contribution in [0.25, 0.3) is 0 Å². The smallest absolute Gasteiger partial charge is 0.0720 e. The van der Waals surface area contributed by atoms with Crippen LogP contribution in [0, 0.1) is 5.92 Å². The number of hydrogen-bond acceptors (Lipinski definition) is 2. The number of ether oxygens (including phenoxy) is 1. The molecule has 17 heavy (non-hydrogen) atoms. The van der Waals surface area contributed by atoms with Gasteiger partial charge in [-0.1, -0.05) is 28.1 Å². The van der Waals surface area contributed by atoms with Gasteiger partial charge in [-0.15, -0.1) is 0 Å². The second-order valence-corrected chi connectivity index (χ2v) is 5.68. The number of hydrogen-bond donors (Lipinski definition) is 1. The van der Waals surface area contributed by atoms with Gasteiger partial charge in [-0.25, -0.2) is 0 Å². The Morgan fingerprint density at radius 2 is 1.76 bits per heavy atom. The third-order valence-electron chi connectivity index (χ3n) is 3.45.